The molecule has 2 aromatic heterocycles. The SMILES string of the molecule is N#Cc1ccc(NC(=O)Nc2nc3ccc(Cl)nc3s2)cc1C(F)(F)F. The summed E-state index contributed by atoms with van der Waals surface area (Å²) in [6, 6.07) is 6.74. The van der Waals surface area contributed by atoms with Crippen LogP contribution in [-0.4, -0.2) is 16.0 Å². The van der Waals surface area contributed by atoms with Gasteiger partial charge in [0.2, 0.25) is 0 Å². The van der Waals surface area contributed by atoms with E-state index in [1.165, 1.54) is 12.1 Å². The summed E-state index contributed by atoms with van der Waals surface area (Å²) in [6.07, 6.45) is -4.71. The molecule has 0 bridgehead atoms. The van der Waals surface area contributed by atoms with Crippen molar-refractivity contribution < 1.29 is 18.0 Å². The minimum atomic E-state index is -4.71. The first-order chi connectivity index (χ1) is 12.3. The van der Waals surface area contributed by atoms with E-state index in [0.717, 1.165) is 17.4 Å². The van der Waals surface area contributed by atoms with Crippen LogP contribution in [0.4, 0.5) is 28.8 Å². The number of urea groups is 1. The molecule has 132 valence electrons. The predicted octanol–water partition coefficient (Wildman–Crippen LogP) is 4.88. The van der Waals surface area contributed by atoms with Crippen molar-refractivity contribution in [3.8, 4) is 6.07 Å². The van der Waals surface area contributed by atoms with E-state index in [-0.39, 0.29) is 16.0 Å². The lowest BCUT2D eigenvalue weighted by atomic mass is 10.1. The molecule has 11 heteroatoms. The van der Waals surface area contributed by atoms with E-state index in [0.29, 0.717) is 16.4 Å². The highest BCUT2D eigenvalue weighted by molar-refractivity contribution is 7.22. The van der Waals surface area contributed by atoms with Gasteiger partial charge in [-0.2, -0.15) is 18.4 Å². The molecule has 26 heavy (non-hydrogen) atoms. The fraction of sp³-hybridized carbons (Fsp3) is 0.0667. The number of nitriles is 1. The van der Waals surface area contributed by atoms with Crippen LogP contribution in [0.1, 0.15) is 11.1 Å². The van der Waals surface area contributed by atoms with Gasteiger partial charge >= 0.3 is 12.2 Å². The summed E-state index contributed by atoms with van der Waals surface area (Å²) in [7, 11) is 0. The second-order valence-electron chi connectivity index (χ2n) is 4.93. The van der Waals surface area contributed by atoms with E-state index in [4.69, 9.17) is 16.9 Å². The molecule has 0 saturated heterocycles. The van der Waals surface area contributed by atoms with Crippen LogP contribution >= 0.6 is 22.9 Å². The number of hydrogen-bond acceptors (Lipinski definition) is 5. The molecular weight excluding hydrogens is 391 g/mol. The molecule has 0 spiro atoms. The number of aromatic nitrogens is 2. The third-order valence-electron chi connectivity index (χ3n) is 3.15. The van der Waals surface area contributed by atoms with Crippen molar-refractivity contribution in [3.05, 3.63) is 46.6 Å². The molecule has 1 aromatic carbocycles. The van der Waals surface area contributed by atoms with Gasteiger partial charge in [0.05, 0.1) is 17.2 Å². The molecule has 0 aliphatic heterocycles. The first kappa shape index (κ1) is 17.9. The van der Waals surface area contributed by atoms with Gasteiger partial charge in [0.1, 0.15) is 15.5 Å². The van der Waals surface area contributed by atoms with Crippen LogP contribution < -0.4 is 10.6 Å². The zero-order valence-electron chi connectivity index (χ0n) is 12.6. The van der Waals surface area contributed by atoms with Crippen LogP contribution in [0.2, 0.25) is 5.15 Å². The number of anilines is 2. The molecule has 0 atom stereocenters. The fourth-order valence-electron chi connectivity index (χ4n) is 2.06. The number of nitrogens with zero attached hydrogens (tertiary/aromatic N) is 3. The Labute approximate surface area is 153 Å². The van der Waals surface area contributed by atoms with E-state index in [1.807, 2.05) is 0 Å². The molecule has 3 rings (SSSR count). The third-order valence-corrected chi connectivity index (χ3v) is 4.24. The minimum Gasteiger partial charge on any atom is -0.308 e. The molecular formula is C15H7ClF3N5OS. The normalized spacial score (nSPS) is 11.2. The highest BCUT2D eigenvalue weighted by atomic mass is 35.5. The molecule has 0 unspecified atom stereocenters. The number of benzene rings is 1. The number of hydrogen-bond donors (Lipinski definition) is 2. The average Bonchev–Trinajstić information content (AvgIpc) is 2.95. The molecule has 0 fully saturated rings. The number of carbonyl (C=O) groups excluding carboxylic acids is 1. The molecule has 2 N–H and O–H groups in total. The van der Waals surface area contributed by atoms with Crippen molar-refractivity contribution >= 4 is 50.1 Å². The van der Waals surface area contributed by atoms with Crippen molar-refractivity contribution in [3.63, 3.8) is 0 Å². The van der Waals surface area contributed by atoms with Gasteiger partial charge in [-0.25, -0.2) is 14.8 Å². The number of thiazole rings is 1. The molecule has 3 aromatic rings. The highest BCUT2D eigenvalue weighted by Gasteiger charge is 2.34. The summed E-state index contributed by atoms with van der Waals surface area (Å²) in [5.41, 5.74) is -1.25. The Morgan fingerprint density at radius 1 is 1.19 bits per heavy atom. The number of nitrogens with one attached hydrogen (secondary N) is 2. The van der Waals surface area contributed by atoms with Gasteiger partial charge in [-0.15, -0.1) is 0 Å². The summed E-state index contributed by atoms with van der Waals surface area (Å²) in [5, 5.41) is 13.9. The van der Waals surface area contributed by atoms with Crippen molar-refractivity contribution in [1.29, 1.82) is 5.26 Å². The fourth-order valence-corrected chi connectivity index (χ4v) is 3.09. The Morgan fingerprint density at radius 2 is 1.96 bits per heavy atom. The highest BCUT2D eigenvalue weighted by Crippen LogP contribution is 2.33. The Bertz CT molecular complexity index is 1040. The van der Waals surface area contributed by atoms with Gasteiger partial charge in [0.25, 0.3) is 0 Å². The van der Waals surface area contributed by atoms with Gasteiger partial charge in [-0.05, 0) is 30.3 Å². The summed E-state index contributed by atoms with van der Waals surface area (Å²) in [4.78, 5) is 20.7. The lowest BCUT2D eigenvalue weighted by Gasteiger charge is -2.11. The second-order valence-corrected chi connectivity index (χ2v) is 6.29. The Morgan fingerprint density at radius 3 is 2.65 bits per heavy atom. The van der Waals surface area contributed by atoms with Crippen molar-refractivity contribution in [2.75, 3.05) is 10.6 Å². The van der Waals surface area contributed by atoms with Crippen molar-refractivity contribution in [2.45, 2.75) is 6.18 Å². The quantitative estimate of drug-likeness (QED) is 0.603. The van der Waals surface area contributed by atoms with Gasteiger partial charge in [0.15, 0.2) is 5.13 Å². The van der Waals surface area contributed by atoms with Crippen LogP contribution in [0.25, 0.3) is 10.3 Å². The Kier molecular flexibility index (Phi) is 4.67. The van der Waals surface area contributed by atoms with Crippen LogP contribution in [0, 0.1) is 11.3 Å². The van der Waals surface area contributed by atoms with Gasteiger partial charge in [0, 0.05) is 5.69 Å². The number of rotatable bonds is 2. The maximum atomic E-state index is 12.9. The minimum absolute atomic E-state index is 0.115. The first-order valence-corrected chi connectivity index (χ1v) is 8.08. The third kappa shape index (κ3) is 3.84. The maximum Gasteiger partial charge on any atom is 0.417 e. The van der Waals surface area contributed by atoms with E-state index < -0.39 is 23.3 Å². The Balaban J connectivity index is 1.78. The van der Waals surface area contributed by atoms with Gasteiger partial charge < -0.3 is 5.32 Å². The molecule has 6 nitrogen and oxygen atoms in total. The molecule has 0 saturated carbocycles. The number of amides is 2. The second kappa shape index (κ2) is 6.78. The monoisotopic (exact) mass is 397 g/mol. The predicted molar refractivity (Wildman–Crippen MR) is 91.2 cm³/mol. The first-order valence-electron chi connectivity index (χ1n) is 6.89. The summed E-state index contributed by atoms with van der Waals surface area (Å²) in [6.45, 7) is 0. The maximum absolute atomic E-state index is 12.9. The number of carbonyl (C=O) groups is 1. The molecule has 2 amide bonds. The smallest absolute Gasteiger partial charge is 0.308 e. The number of halogens is 4. The van der Waals surface area contributed by atoms with E-state index in [2.05, 4.69) is 20.6 Å². The van der Waals surface area contributed by atoms with Gasteiger partial charge in [-0.3, -0.25) is 5.32 Å². The van der Waals surface area contributed by atoms with Crippen molar-refractivity contribution in [2.24, 2.45) is 0 Å². The standard InChI is InChI=1S/C15H7ClF3N5OS/c16-11-4-3-10-12(23-11)26-14(22-10)24-13(25)21-8-2-1-7(6-20)9(5-8)15(17,18)19/h1-5H,(H2,21,22,24,25). The molecule has 2 heterocycles. The van der Waals surface area contributed by atoms with Crippen LogP contribution in [-0.2, 0) is 6.18 Å². The lowest BCUT2D eigenvalue weighted by Crippen LogP contribution is -2.20. The molecule has 0 aliphatic rings. The number of alkyl halides is 3. The van der Waals surface area contributed by atoms with Crippen LogP contribution in [0.3, 0.4) is 0 Å². The van der Waals surface area contributed by atoms with Crippen molar-refractivity contribution in [1.82, 2.24) is 9.97 Å². The van der Waals surface area contributed by atoms with Gasteiger partial charge in [-0.1, -0.05) is 22.9 Å². The topological polar surface area (TPSA) is 90.7 Å². The summed E-state index contributed by atoms with van der Waals surface area (Å²) >= 11 is 6.83. The average molecular weight is 398 g/mol. The van der Waals surface area contributed by atoms with E-state index >= 15 is 0 Å². The summed E-state index contributed by atoms with van der Waals surface area (Å²) < 4.78 is 38.8. The zero-order chi connectivity index (χ0) is 18.9. The Hall–Kier alpha value is -2.90. The van der Waals surface area contributed by atoms with E-state index in [1.54, 1.807) is 12.1 Å². The lowest BCUT2D eigenvalue weighted by molar-refractivity contribution is -0.137. The van der Waals surface area contributed by atoms with E-state index in [9.17, 15) is 18.0 Å². The van der Waals surface area contributed by atoms with Crippen LogP contribution in [0.15, 0.2) is 30.3 Å². The zero-order valence-corrected chi connectivity index (χ0v) is 14.1. The number of pyridine rings is 1. The molecule has 0 radical (unpaired) electrons. The largest absolute Gasteiger partial charge is 0.417 e. The van der Waals surface area contributed by atoms with Crippen LogP contribution in [0.5, 0.6) is 0 Å². The summed E-state index contributed by atoms with van der Waals surface area (Å²) in [5.74, 6) is 0. The molecule has 0 aliphatic carbocycles. The number of fused-ring (bicyclic) bond motifs is 1.